The fraction of sp³-hybridized carbons (Fsp3) is 0.889. The molecule has 0 saturated carbocycles. The standard InChI is InChI=1S/C9H18BrNO/c1-4-8(10)6-11-9(12)5-7(2)3/h7-8H,4-6H2,1-3H3,(H,11,12). The van der Waals surface area contributed by atoms with E-state index in [9.17, 15) is 4.79 Å². The first kappa shape index (κ1) is 11.9. The molecule has 0 spiro atoms. The highest BCUT2D eigenvalue weighted by Crippen LogP contribution is 2.03. The maximum Gasteiger partial charge on any atom is 0.220 e. The van der Waals surface area contributed by atoms with Crippen LogP contribution >= 0.6 is 15.9 Å². The van der Waals surface area contributed by atoms with Gasteiger partial charge in [0, 0.05) is 17.8 Å². The molecule has 1 atom stereocenters. The number of hydrogen-bond acceptors (Lipinski definition) is 1. The van der Waals surface area contributed by atoms with Crippen molar-refractivity contribution in [3.8, 4) is 0 Å². The number of alkyl halides is 1. The summed E-state index contributed by atoms with van der Waals surface area (Å²) in [6.07, 6.45) is 1.67. The van der Waals surface area contributed by atoms with E-state index in [0.717, 1.165) is 13.0 Å². The fourth-order valence-electron chi connectivity index (χ4n) is 0.812. The predicted molar refractivity (Wildman–Crippen MR) is 55.5 cm³/mol. The van der Waals surface area contributed by atoms with Crippen molar-refractivity contribution in [1.82, 2.24) is 5.32 Å². The molecular weight excluding hydrogens is 218 g/mol. The van der Waals surface area contributed by atoms with Crippen molar-refractivity contribution in [2.45, 2.75) is 38.4 Å². The molecule has 0 rings (SSSR count). The number of nitrogens with one attached hydrogen (secondary N) is 1. The second kappa shape index (κ2) is 6.46. The lowest BCUT2D eigenvalue weighted by molar-refractivity contribution is -0.121. The molecule has 0 saturated heterocycles. The maximum absolute atomic E-state index is 11.1. The van der Waals surface area contributed by atoms with Crippen LogP contribution in [0.1, 0.15) is 33.6 Å². The van der Waals surface area contributed by atoms with Crippen LogP contribution in [0.25, 0.3) is 0 Å². The Balaban J connectivity index is 3.44. The third kappa shape index (κ3) is 6.65. The van der Waals surface area contributed by atoms with E-state index in [-0.39, 0.29) is 5.91 Å². The molecule has 0 aliphatic carbocycles. The zero-order valence-electron chi connectivity index (χ0n) is 8.06. The van der Waals surface area contributed by atoms with Gasteiger partial charge in [-0.1, -0.05) is 36.7 Å². The molecule has 0 radical (unpaired) electrons. The molecule has 0 fully saturated rings. The molecule has 0 heterocycles. The van der Waals surface area contributed by atoms with Crippen LogP contribution in [-0.4, -0.2) is 17.3 Å². The first-order chi connectivity index (χ1) is 5.56. The molecule has 1 amide bonds. The third-order valence-corrected chi connectivity index (χ3v) is 2.53. The van der Waals surface area contributed by atoms with Gasteiger partial charge in [0.15, 0.2) is 0 Å². The molecular formula is C9H18BrNO. The van der Waals surface area contributed by atoms with Gasteiger partial charge in [-0.05, 0) is 12.3 Å². The van der Waals surface area contributed by atoms with Crippen LogP contribution in [0, 0.1) is 5.92 Å². The SMILES string of the molecule is CCC(Br)CNC(=O)CC(C)C. The fourth-order valence-corrected chi connectivity index (χ4v) is 0.974. The van der Waals surface area contributed by atoms with Gasteiger partial charge in [-0.2, -0.15) is 0 Å². The van der Waals surface area contributed by atoms with Crippen LogP contribution in [0.2, 0.25) is 0 Å². The van der Waals surface area contributed by atoms with Gasteiger partial charge in [0.1, 0.15) is 0 Å². The van der Waals surface area contributed by atoms with E-state index in [1.54, 1.807) is 0 Å². The summed E-state index contributed by atoms with van der Waals surface area (Å²) in [5.41, 5.74) is 0. The number of rotatable bonds is 5. The van der Waals surface area contributed by atoms with Crippen molar-refractivity contribution in [2.24, 2.45) is 5.92 Å². The summed E-state index contributed by atoms with van der Waals surface area (Å²) in [5.74, 6) is 0.600. The highest BCUT2D eigenvalue weighted by Gasteiger charge is 2.06. The molecule has 0 aromatic heterocycles. The van der Waals surface area contributed by atoms with Crippen molar-refractivity contribution in [1.29, 1.82) is 0 Å². The minimum absolute atomic E-state index is 0.155. The summed E-state index contributed by atoms with van der Waals surface area (Å²) in [7, 11) is 0. The van der Waals surface area contributed by atoms with E-state index >= 15 is 0 Å². The molecule has 0 aliphatic heterocycles. The Morgan fingerprint density at radius 1 is 1.50 bits per heavy atom. The van der Waals surface area contributed by atoms with E-state index in [0.29, 0.717) is 17.2 Å². The summed E-state index contributed by atoms with van der Waals surface area (Å²) >= 11 is 3.46. The zero-order valence-corrected chi connectivity index (χ0v) is 9.65. The third-order valence-electron chi connectivity index (χ3n) is 1.56. The van der Waals surface area contributed by atoms with Crippen LogP contribution in [0.5, 0.6) is 0 Å². The summed E-state index contributed by atoms with van der Waals surface area (Å²) in [5, 5.41) is 2.88. The highest BCUT2D eigenvalue weighted by molar-refractivity contribution is 9.09. The van der Waals surface area contributed by atoms with Crippen LogP contribution in [0.3, 0.4) is 0 Å². The molecule has 0 aromatic rings. The lowest BCUT2D eigenvalue weighted by Crippen LogP contribution is -2.29. The Hall–Kier alpha value is -0.0500. The summed E-state index contributed by atoms with van der Waals surface area (Å²) in [4.78, 5) is 11.6. The number of carbonyl (C=O) groups excluding carboxylic acids is 1. The summed E-state index contributed by atoms with van der Waals surface area (Å²) in [6, 6.07) is 0. The molecule has 12 heavy (non-hydrogen) atoms. The van der Waals surface area contributed by atoms with E-state index in [1.807, 2.05) is 13.8 Å². The number of halogens is 1. The Bertz CT molecular complexity index is 136. The number of hydrogen-bond donors (Lipinski definition) is 1. The van der Waals surface area contributed by atoms with E-state index in [4.69, 9.17) is 0 Å². The molecule has 2 nitrogen and oxygen atoms in total. The van der Waals surface area contributed by atoms with Gasteiger partial charge >= 0.3 is 0 Å². The Labute approximate surface area is 83.2 Å². The van der Waals surface area contributed by atoms with Crippen molar-refractivity contribution >= 4 is 21.8 Å². The molecule has 1 unspecified atom stereocenters. The average Bonchev–Trinajstić information content (AvgIpc) is 1.99. The molecule has 72 valence electrons. The van der Waals surface area contributed by atoms with E-state index in [2.05, 4.69) is 28.2 Å². The largest absolute Gasteiger partial charge is 0.355 e. The van der Waals surface area contributed by atoms with Gasteiger partial charge in [0.25, 0.3) is 0 Å². The topological polar surface area (TPSA) is 29.1 Å². The minimum Gasteiger partial charge on any atom is -0.355 e. The van der Waals surface area contributed by atoms with Crippen LogP contribution in [0.4, 0.5) is 0 Å². The van der Waals surface area contributed by atoms with Gasteiger partial charge in [0.05, 0.1) is 0 Å². The van der Waals surface area contributed by atoms with Crippen molar-refractivity contribution in [3.63, 3.8) is 0 Å². The van der Waals surface area contributed by atoms with Crippen molar-refractivity contribution in [2.75, 3.05) is 6.54 Å². The molecule has 0 aromatic carbocycles. The van der Waals surface area contributed by atoms with E-state index < -0.39 is 0 Å². The van der Waals surface area contributed by atoms with Gasteiger partial charge in [-0.3, -0.25) is 4.79 Å². The predicted octanol–water partition coefficient (Wildman–Crippen LogP) is 2.32. The Morgan fingerprint density at radius 2 is 2.08 bits per heavy atom. The molecule has 1 N–H and O–H groups in total. The van der Waals surface area contributed by atoms with Crippen LogP contribution < -0.4 is 5.32 Å². The van der Waals surface area contributed by atoms with Crippen molar-refractivity contribution in [3.05, 3.63) is 0 Å². The lowest BCUT2D eigenvalue weighted by Gasteiger charge is -2.09. The monoisotopic (exact) mass is 235 g/mol. The van der Waals surface area contributed by atoms with Crippen LogP contribution in [-0.2, 0) is 4.79 Å². The second-order valence-electron chi connectivity index (χ2n) is 3.41. The smallest absolute Gasteiger partial charge is 0.220 e. The normalized spacial score (nSPS) is 13.1. The Morgan fingerprint density at radius 3 is 2.50 bits per heavy atom. The zero-order chi connectivity index (χ0) is 9.56. The average molecular weight is 236 g/mol. The van der Waals surface area contributed by atoms with Gasteiger partial charge in [-0.15, -0.1) is 0 Å². The summed E-state index contributed by atoms with van der Waals surface area (Å²) < 4.78 is 0. The highest BCUT2D eigenvalue weighted by atomic mass is 79.9. The van der Waals surface area contributed by atoms with Crippen LogP contribution in [0.15, 0.2) is 0 Å². The van der Waals surface area contributed by atoms with E-state index in [1.165, 1.54) is 0 Å². The van der Waals surface area contributed by atoms with Gasteiger partial charge in [-0.25, -0.2) is 0 Å². The Kier molecular flexibility index (Phi) is 6.44. The number of carbonyl (C=O) groups is 1. The first-order valence-electron chi connectivity index (χ1n) is 4.47. The molecule has 3 heteroatoms. The first-order valence-corrected chi connectivity index (χ1v) is 5.38. The minimum atomic E-state index is 0.155. The molecule has 0 bridgehead atoms. The maximum atomic E-state index is 11.1. The van der Waals surface area contributed by atoms with Crippen molar-refractivity contribution < 1.29 is 4.79 Å². The molecule has 0 aliphatic rings. The van der Waals surface area contributed by atoms with Gasteiger partial charge in [0.2, 0.25) is 5.91 Å². The quantitative estimate of drug-likeness (QED) is 0.729. The summed E-state index contributed by atoms with van der Waals surface area (Å²) in [6.45, 7) is 6.92. The number of amides is 1. The van der Waals surface area contributed by atoms with Gasteiger partial charge < -0.3 is 5.32 Å². The second-order valence-corrected chi connectivity index (χ2v) is 4.70. The lowest BCUT2D eigenvalue weighted by atomic mass is 10.1.